The van der Waals surface area contributed by atoms with Crippen LogP contribution in [-0.2, 0) is 0 Å². The Hall–Kier alpha value is -2.10. The van der Waals surface area contributed by atoms with Gasteiger partial charge in [-0.15, -0.1) is 0 Å². The molecule has 0 saturated heterocycles. The van der Waals surface area contributed by atoms with Crippen LogP contribution in [0.2, 0.25) is 0 Å². The number of hydrogen-bond donors (Lipinski definition) is 1. The van der Waals surface area contributed by atoms with Crippen LogP contribution in [0.15, 0.2) is 41.0 Å². The van der Waals surface area contributed by atoms with Gasteiger partial charge in [-0.1, -0.05) is 12.1 Å². The first-order valence-corrected chi connectivity index (χ1v) is 5.68. The van der Waals surface area contributed by atoms with E-state index in [1.165, 1.54) is 18.4 Å². The lowest BCUT2D eigenvalue weighted by atomic mass is 10.1. The number of furan rings is 1. The molecule has 1 atom stereocenters. The van der Waals surface area contributed by atoms with Crippen molar-refractivity contribution in [3.63, 3.8) is 0 Å². The molecule has 4 heteroatoms. The minimum atomic E-state index is -0.289. The van der Waals surface area contributed by atoms with Crippen molar-refractivity contribution in [2.45, 2.75) is 19.9 Å². The molecule has 94 valence electrons. The van der Waals surface area contributed by atoms with Crippen molar-refractivity contribution in [3.05, 3.63) is 59.3 Å². The predicted molar refractivity (Wildman–Crippen MR) is 65.7 cm³/mol. The van der Waals surface area contributed by atoms with E-state index >= 15 is 0 Å². The number of rotatable bonds is 3. The quantitative estimate of drug-likeness (QED) is 0.904. The number of aryl methyl sites for hydroxylation is 1. The van der Waals surface area contributed by atoms with Gasteiger partial charge in [-0.25, -0.2) is 4.39 Å². The molecule has 0 aliphatic heterocycles. The van der Waals surface area contributed by atoms with Gasteiger partial charge in [0.25, 0.3) is 5.91 Å². The third kappa shape index (κ3) is 2.59. The van der Waals surface area contributed by atoms with Crippen LogP contribution >= 0.6 is 0 Å². The summed E-state index contributed by atoms with van der Waals surface area (Å²) >= 11 is 0. The summed E-state index contributed by atoms with van der Waals surface area (Å²) in [5.41, 5.74) is 1.37. The standard InChI is InChI=1S/C14H14FNO2/c1-9(11-3-5-12(15)6-4-11)16-14(17)13-7-8-18-10(13)2/h3-9H,1-2H3,(H,16,17)/t9-/m0/s1. The van der Waals surface area contributed by atoms with Crippen molar-refractivity contribution >= 4 is 5.91 Å². The monoisotopic (exact) mass is 247 g/mol. The van der Waals surface area contributed by atoms with Gasteiger partial charge in [-0.3, -0.25) is 4.79 Å². The zero-order chi connectivity index (χ0) is 13.1. The number of hydrogen-bond acceptors (Lipinski definition) is 2. The van der Waals surface area contributed by atoms with Crippen molar-refractivity contribution in [1.82, 2.24) is 5.32 Å². The number of benzene rings is 1. The van der Waals surface area contributed by atoms with Crippen LogP contribution in [-0.4, -0.2) is 5.91 Å². The average molecular weight is 247 g/mol. The fourth-order valence-corrected chi connectivity index (χ4v) is 1.73. The third-order valence-electron chi connectivity index (χ3n) is 2.82. The molecule has 1 N–H and O–H groups in total. The Morgan fingerprint density at radius 2 is 1.94 bits per heavy atom. The predicted octanol–water partition coefficient (Wildman–Crippen LogP) is 3.22. The molecule has 0 spiro atoms. The van der Waals surface area contributed by atoms with Gasteiger partial charge in [0.2, 0.25) is 0 Å². The summed E-state index contributed by atoms with van der Waals surface area (Å²) < 4.78 is 17.9. The molecule has 2 rings (SSSR count). The molecule has 2 aromatic rings. The number of carbonyl (C=O) groups is 1. The Morgan fingerprint density at radius 3 is 2.50 bits per heavy atom. The summed E-state index contributed by atoms with van der Waals surface area (Å²) in [5, 5.41) is 2.84. The molecule has 3 nitrogen and oxygen atoms in total. The first kappa shape index (κ1) is 12.4. The van der Waals surface area contributed by atoms with Crippen molar-refractivity contribution < 1.29 is 13.6 Å². The van der Waals surface area contributed by atoms with Gasteiger partial charge in [0, 0.05) is 0 Å². The molecule has 0 saturated carbocycles. The lowest BCUT2D eigenvalue weighted by Gasteiger charge is -2.13. The maximum absolute atomic E-state index is 12.8. The molecular weight excluding hydrogens is 233 g/mol. The minimum Gasteiger partial charge on any atom is -0.469 e. The van der Waals surface area contributed by atoms with Gasteiger partial charge in [-0.05, 0) is 37.6 Å². The Morgan fingerprint density at radius 1 is 1.28 bits per heavy atom. The molecular formula is C14H14FNO2. The number of nitrogens with one attached hydrogen (secondary N) is 1. The Kier molecular flexibility index (Phi) is 3.46. The molecule has 18 heavy (non-hydrogen) atoms. The zero-order valence-corrected chi connectivity index (χ0v) is 10.2. The molecule has 0 radical (unpaired) electrons. The second-order valence-electron chi connectivity index (χ2n) is 4.14. The molecule has 1 aromatic carbocycles. The van der Waals surface area contributed by atoms with E-state index in [2.05, 4.69) is 5.32 Å². The second-order valence-corrected chi connectivity index (χ2v) is 4.14. The van der Waals surface area contributed by atoms with Gasteiger partial charge < -0.3 is 9.73 Å². The average Bonchev–Trinajstić information content (AvgIpc) is 2.76. The highest BCUT2D eigenvalue weighted by atomic mass is 19.1. The summed E-state index contributed by atoms with van der Waals surface area (Å²) in [6.45, 7) is 3.58. The van der Waals surface area contributed by atoms with Gasteiger partial charge in [-0.2, -0.15) is 0 Å². The van der Waals surface area contributed by atoms with E-state index in [0.717, 1.165) is 5.56 Å². The molecule has 0 bridgehead atoms. The fourth-order valence-electron chi connectivity index (χ4n) is 1.73. The maximum atomic E-state index is 12.8. The highest BCUT2D eigenvalue weighted by Gasteiger charge is 2.14. The Labute approximate surface area is 105 Å². The van der Waals surface area contributed by atoms with E-state index < -0.39 is 0 Å². The normalized spacial score (nSPS) is 12.2. The van der Waals surface area contributed by atoms with Gasteiger partial charge in [0.05, 0.1) is 17.9 Å². The first-order valence-electron chi connectivity index (χ1n) is 5.68. The van der Waals surface area contributed by atoms with Crippen LogP contribution in [0.4, 0.5) is 4.39 Å². The van der Waals surface area contributed by atoms with E-state index in [4.69, 9.17) is 4.42 Å². The Balaban J connectivity index is 2.08. The highest BCUT2D eigenvalue weighted by Crippen LogP contribution is 2.15. The summed E-state index contributed by atoms with van der Waals surface area (Å²) in [4.78, 5) is 11.9. The van der Waals surface area contributed by atoms with Crippen LogP contribution in [0.1, 0.15) is 34.6 Å². The first-order chi connectivity index (χ1) is 8.58. The smallest absolute Gasteiger partial charge is 0.255 e. The maximum Gasteiger partial charge on any atom is 0.255 e. The van der Waals surface area contributed by atoms with E-state index in [9.17, 15) is 9.18 Å². The second kappa shape index (κ2) is 5.04. The van der Waals surface area contributed by atoms with E-state index in [-0.39, 0.29) is 17.8 Å². The molecule has 0 fully saturated rings. The topological polar surface area (TPSA) is 42.2 Å². The zero-order valence-electron chi connectivity index (χ0n) is 10.2. The minimum absolute atomic E-state index is 0.188. The van der Waals surface area contributed by atoms with Crippen LogP contribution in [0.3, 0.4) is 0 Å². The molecule has 0 unspecified atom stereocenters. The third-order valence-corrected chi connectivity index (χ3v) is 2.82. The highest BCUT2D eigenvalue weighted by molar-refractivity contribution is 5.95. The summed E-state index contributed by atoms with van der Waals surface area (Å²) in [5.74, 6) is 0.0971. The molecule has 0 aliphatic rings. The number of amides is 1. The van der Waals surface area contributed by atoms with Crippen molar-refractivity contribution in [2.75, 3.05) is 0 Å². The van der Waals surface area contributed by atoms with E-state index in [1.807, 2.05) is 6.92 Å². The van der Waals surface area contributed by atoms with E-state index in [1.54, 1.807) is 25.1 Å². The van der Waals surface area contributed by atoms with Crippen LogP contribution in [0, 0.1) is 12.7 Å². The molecule has 0 aliphatic carbocycles. The molecule has 1 heterocycles. The van der Waals surface area contributed by atoms with Crippen LogP contribution in [0.5, 0.6) is 0 Å². The van der Waals surface area contributed by atoms with E-state index in [0.29, 0.717) is 11.3 Å². The van der Waals surface area contributed by atoms with Crippen molar-refractivity contribution in [2.24, 2.45) is 0 Å². The van der Waals surface area contributed by atoms with Gasteiger partial charge in [0.15, 0.2) is 0 Å². The van der Waals surface area contributed by atoms with Crippen molar-refractivity contribution in [3.8, 4) is 0 Å². The van der Waals surface area contributed by atoms with Crippen LogP contribution in [0.25, 0.3) is 0 Å². The lowest BCUT2D eigenvalue weighted by molar-refractivity contribution is 0.0938. The Bertz CT molecular complexity index is 545. The van der Waals surface area contributed by atoms with Crippen molar-refractivity contribution in [1.29, 1.82) is 0 Å². The van der Waals surface area contributed by atoms with Gasteiger partial charge in [0.1, 0.15) is 11.6 Å². The molecule has 1 amide bonds. The SMILES string of the molecule is Cc1occc1C(=O)N[C@@H](C)c1ccc(F)cc1. The van der Waals surface area contributed by atoms with Crippen LogP contribution < -0.4 is 5.32 Å². The summed E-state index contributed by atoms with van der Waals surface area (Å²) in [7, 11) is 0. The lowest BCUT2D eigenvalue weighted by Crippen LogP contribution is -2.26. The fraction of sp³-hybridized carbons (Fsp3) is 0.214. The largest absolute Gasteiger partial charge is 0.469 e. The van der Waals surface area contributed by atoms with Gasteiger partial charge >= 0.3 is 0 Å². The number of carbonyl (C=O) groups excluding carboxylic acids is 1. The number of halogens is 1. The summed E-state index contributed by atoms with van der Waals surface area (Å²) in [6.07, 6.45) is 1.48. The summed E-state index contributed by atoms with van der Waals surface area (Å²) in [6, 6.07) is 7.50. The molecule has 1 aromatic heterocycles.